The molecule has 3 heteroatoms. The summed E-state index contributed by atoms with van der Waals surface area (Å²) in [6.45, 7) is 9.85. The van der Waals surface area contributed by atoms with Gasteiger partial charge in [-0.1, -0.05) is 43.6 Å². The Morgan fingerprint density at radius 2 is 2.00 bits per heavy atom. The average molecular weight is 295 g/mol. The Bertz CT molecular complexity index is 427. The molecule has 17 heavy (non-hydrogen) atoms. The number of hydrogen-bond donors (Lipinski definition) is 1. The summed E-state index contributed by atoms with van der Waals surface area (Å²) in [5.41, 5.74) is 1.95. The predicted molar refractivity (Wildman–Crippen MR) is 76.0 cm³/mol. The molecule has 0 saturated heterocycles. The number of halogens is 1. The van der Waals surface area contributed by atoms with Crippen LogP contribution in [0.4, 0.5) is 5.69 Å². The summed E-state index contributed by atoms with van der Waals surface area (Å²) in [5.74, 6) is 0.562. The lowest BCUT2D eigenvalue weighted by Gasteiger charge is -2.27. The molecule has 0 amide bonds. The number of nitrogens with zero attached hydrogens (tertiary/aromatic N) is 1. The van der Waals surface area contributed by atoms with Gasteiger partial charge in [0.1, 0.15) is 0 Å². The fraction of sp³-hybridized carbons (Fsp3) is 0.500. The molecule has 0 heterocycles. The SMILES string of the molecule is CC(CNc1cc(Br)cc(C#N)c1)C(C)(C)C. The van der Waals surface area contributed by atoms with Crippen LogP contribution in [0.25, 0.3) is 0 Å². The van der Waals surface area contributed by atoms with Gasteiger partial charge >= 0.3 is 0 Å². The van der Waals surface area contributed by atoms with Crippen LogP contribution in [0.2, 0.25) is 0 Å². The lowest BCUT2D eigenvalue weighted by atomic mass is 9.82. The lowest BCUT2D eigenvalue weighted by molar-refractivity contribution is 0.274. The molecule has 0 aliphatic rings. The minimum Gasteiger partial charge on any atom is -0.385 e. The van der Waals surface area contributed by atoms with Gasteiger partial charge < -0.3 is 5.32 Å². The molecule has 1 unspecified atom stereocenters. The molecule has 0 aromatic heterocycles. The van der Waals surface area contributed by atoms with E-state index in [1.54, 1.807) is 0 Å². The van der Waals surface area contributed by atoms with E-state index in [9.17, 15) is 0 Å². The van der Waals surface area contributed by atoms with Gasteiger partial charge in [0.2, 0.25) is 0 Å². The normalized spacial score (nSPS) is 12.9. The average Bonchev–Trinajstić information content (AvgIpc) is 2.23. The first-order valence-corrected chi connectivity index (χ1v) is 6.57. The van der Waals surface area contributed by atoms with Crippen molar-refractivity contribution in [2.45, 2.75) is 27.7 Å². The molecular weight excluding hydrogens is 276 g/mol. The summed E-state index contributed by atoms with van der Waals surface area (Å²) < 4.78 is 0.933. The van der Waals surface area contributed by atoms with E-state index in [1.165, 1.54) is 0 Å². The van der Waals surface area contributed by atoms with Crippen molar-refractivity contribution in [3.8, 4) is 6.07 Å². The first kappa shape index (κ1) is 14.1. The molecular formula is C14H19BrN2. The van der Waals surface area contributed by atoms with Crippen molar-refractivity contribution in [1.29, 1.82) is 5.26 Å². The Morgan fingerprint density at radius 3 is 2.53 bits per heavy atom. The first-order chi connectivity index (χ1) is 7.82. The molecule has 0 saturated carbocycles. The molecule has 1 rings (SSSR count). The molecule has 0 bridgehead atoms. The van der Waals surface area contributed by atoms with Crippen LogP contribution in [0.5, 0.6) is 0 Å². The van der Waals surface area contributed by atoms with E-state index in [2.05, 4.69) is 55.0 Å². The van der Waals surface area contributed by atoms with Crippen LogP contribution < -0.4 is 5.32 Å². The van der Waals surface area contributed by atoms with Gasteiger partial charge in [0.05, 0.1) is 11.6 Å². The Labute approximate surface area is 112 Å². The summed E-state index contributed by atoms with van der Waals surface area (Å²) >= 11 is 3.41. The van der Waals surface area contributed by atoms with Gasteiger partial charge in [-0.2, -0.15) is 5.26 Å². The lowest BCUT2D eigenvalue weighted by Crippen LogP contribution is -2.24. The maximum atomic E-state index is 8.89. The molecule has 2 nitrogen and oxygen atoms in total. The second-order valence-electron chi connectivity index (χ2n) is 5.49. The maximum Gasteiger partial charge on any atom is 0.0992 e. The topological polar surface area (TPSA) is 35.8 Å². The number of nitriles is 1. The van der Waals surface area contributed by atoms with Gasteiger partial charge in [-0.05, 0) is 29.5 Å². The van der Waals surface area contributed by atoms with Crippen LogP contribution in [0.3, 0.4) is 0 Å². The second-order valence-corrected chi connectivity index (χ2v) is 6.40. The Hall–Kier alpha value is -1.01. The smallest absolute Gasteiger partial charge is 0.0992 e. The van der Waals surface area contributed by atoms with Crippen molar-refractivity contribution in [1.82, 2.24) is 0 Å². The first-order valence-electron chi connectivity index (χ1n) is 5.77. The van der Waals surface area contributed by atoms with Crippen molar-refractivity contribution >= 4 is 21.6 Å². The molecule has 1 aromatic rings. The third-order valence-corrected chi connectivity index (χ3v) is 3.58. The van der Waals surface area contributed by atoms with E-state index in [-0.39, 0.29) is 5.41 Å². The molecule has 1 N–H and O–H groups in total. The number of benzene rings is 1. The van der Waals surface area contributed by atoms with E-state index >= 15 is 0 Å². The monoisotopic (exact) mass is 294 g/mol. The third-order valence-electron chi connectivity index (χ3n) is 3.12. The molecule has 92 valence electrons. The quantitative estimate of drug-likeness (QED) is 0.896. The molecule has 0 spiro atoms. The van der Waals surface area contributed by atoms with E-state index in [4.69, 9.17) is 5.26 Å². The number of anilines is 1. The summed E-state index contributed by atoms with van der Waals surface area (Å²) in [7, 11) is 0. The molecule has 0 aliphatic heterocycles. The predicted octanol–water partition coefficient (Wildman–Crippen LogP) is 4.41. The summed E-state index contributed by atoms with van der Waals surface area (Å²) in [6, 6.07) is 7.85. The van der Waals surface area contributed by atoms with Crippen molar-refractivity contribution in [2.75, 3.05) is 11.9 Å². The highest BCUT2D eigenvalue weighted by atomic mass is 79.9. The summed E-state index contributed by atoms with van der Waals surface area (Å²) in [5, 5.41) is 12.3. The summed E-state index contributed by atoms with van der Waals surface area (Å²) in [6.07, 6.45) is 0. The molecule has 1 aromatic carbocycles. The Morgan fingerprint density at radius 1 is 1.35 bits per heavy atom. The highest BCUT2D eigenvalue weighted by molar-refractivity contribution is 9.10. The minimum absolute atomic E-state index is 0.289. The minimum atomic E-state index is 0.289. The zero-order chi connectivity index (χ0) is 13.1. The number of hydrogen-bond acceptors (Lipinski definition) is 2. The fourth-order valence-corrected chi connectivity index (χ4v) is 1.83. The number of nitrogens with one attached hydrogen (secondary N) is 1. The fourth-order valence-electron chi connectivity index (χ4n) is 1.33. The highest BCUT2D eigenvalue weighted by Crippen LogP contribution is 2.26. The van der Waals surface area contributed by atoms with Crippen molar-refractivity contribution in [3.63, 3.8) is 0 Å². The van der Waals surface area contributed by atoms with Gasteiger partial charge in [-0.3, -0.25) is 0 Å². The molecule has 0 radical (unpaired) electrons. The molecule has 0 fully saturated rings. The van der Waals surface area contributed by atoms with Crippen LogP contribution in [0, 0.1) is 22.7 Å². The van der Waals surface area contributed by atoms with E-state index in [0.717, 1.165) is 16.7 Å². The van der Waals surface area contributed by atoms with Crippen molar-refractivity contribution in [2.24, 2.45) is 11.3 Å². The van der Waals surface area contributed by atoms with Gasteiger partial charge in [-0.25, -0.2) is 0 Å². The van der Waals surface area contributed by atoms with Gasteiger partial charge in [0.15, 0.2) is 0 Å². The van der Waals surface area contributed by atoms with E-state index < -0.39 is 0 Å². The van der Waals surface area contributed by atoms with Crippen LogP contribution in [-0.4, -0.2) is 6.54 Å². The van der Waals surface area contributed by atoms with Crippen LogP contribution in [-0.2, 0) is 0 Å². The third kappa shape index (κ3) is 4.40. The van der Waals surface area contributed by atoms with Crippen LogP contribution in [0.1, 0.15) is 33.3 Å². The van der Waals surface area contributed by atoms with Gasteiger partial charge in [-0.15, -0.1) is 0 Å². The van der Waals surface area contributed by atoms with Crippen LogP contribution in [0.15, 0.2) is 22.7 Å². The Balaban J connectivity index is 2.70. The second kappa shape index (κ2) is 5.55. The maximum absolute atomic E-state index is 8.89. The zero-order valence-electron chi connectivity index (χ0n) is 10.8. The van der Waals surface area contributed by atoms with Gasteiger partial charge in [0, 0.05) is 16.7 Å². The van der Waals surface area contributed by atoms with E-state index in [1.807, 2.05) is 18.2 Å². The van der Waals surface area contributed by atoms with E-state index in [0.29, 0.717) is 11.5 Å². The standard InChI is InChI=1S/C14H19BrN2/c1-10(14(2,3)4)9-17-13-6-11(8-16)5-12(15)7-13/h5-7,10,17H,9H2,1-4H3. The largest absolute Gasteiger partial charge is 0.385 e. The zero-order valence-corrected chi connectivity index (χ0v) is 12.4. The van der Waals surface area contributed by atoms with Crippen molar-refractivity contribution in [3.05, 3.63) is 28.2 Å². The highest BCUT2D eigenvalue weighted by Gasteiger charge is 2.19. The van der Waals surface area contributed by atoms with Crippen LogP contribution >= 0.6 is 15.9 Å². The Kier molecular flexibility index (Phi) is 4.59. The molecule has 0 aliphatic carbocycles. The van der Waals surface area contributed by atoms with Gasteiger partial charge in [0.25, 0.3) is 0 Å². The van der Waals surface area contributed by atoms with Crippen molar-refractivity contribution < 1.29 is 0 Å². The summed E-state index contributed by atoms with van der Waals surface area (Å²) in [4.78, 5) is 0. The molecule has 1 atom stereocenters. The number of rotatable bonds is 3.